The molecule has 0 saturated heterocycles. The summed E-state index contributed by atoms with van der Waals surface area (Å²) in [7, 11) is 2.97. The maximum absolute atomic E-state index is 12.7. The summed E-state index contributed by atoms with van der Waals surface area (Å²) in [5.74, 6) is -0.502. The number of carbonyl (C=O) groups is 2. The third-order valence-corrected chi connectivity index (χ3v) is 3.61. The number of nitrogens with one attached hydrogen (secondary N) is 2. The first-order valence-electron chi connectivity index (χ1n) is 8.24. The van der Waals surface area contributed by atoms with Crippen molar-refractivity contribution in [2.24, 2.45) is 5.10 Å². The Bertz CT molecular complexity index is 914. The van der Waals surface area contributed by atoms with Crippen LogP contribution in [0.25, 0.3) is 0 Å². The number of amides is 2. The predicted molar refractivity (Wildman–Crippen MR) is 100.0 cm³/mol. The summed E-state index contributed by atoms with van der Waals surface area (Å²) in [6.45, 7) is 0. The van der Waals surface area contributed by atoms with Crippen molar-refractivity contribution in [3.63, 3.8) is 0 Å². The Morgan fingerprint density at radius 1 is 1.03 bits per heavy atom. The minimum absolute atomic E-state index is 0.0635. The standard InChI is InChI=1S/C19H18F3N3O4/c1-28-15-7-6-12(8-16(15)29-2)11-23-25-18(27)10-17(26)24-14-5-3-4-13(9-14)19(20,21)22/h3-9,11H,10H2,1-2H3,(H,24,26)(H,25,27). The van der Waals surface area contributed by atoms with E-state index in [0.29, 0.717) is 17.1 Å². The van der Waals surface area contributed by atoms with Gasteiger partial charge in [-0.1, -0.05) is 6.07 Å². The molecule has 0 aliphatic rings. The number of ether oxygens (including phenoxy) is 2. The van der Waals surface area contributed by atoms with Gasteiger partial charge in [-0.15, -0.1) is 0 Å². The van der Waals surface area contributed by atoms with E-state index >= 15 is 0 Å². The maximum atomic E-state index is 12.7. The van der Waals surface area contributed by atoms with Gasteiger partial charge in [-0.3, -0.25) is 9.59 Å². The lowest BCUT2D eigenvalue weighted by molar-refractivity contribution is -0.137. The molecule has 2 aromatic carbocycles. The normalized spacial score (nSPS) is 11.2. The summed E-state index contributed by atoms with van der Waals surface area (Å²) >= 11 is 0. The summed E-state index contributed by atoms with van der Waals surface area (Å²) in [5.41, 5.74) is 1.81. The maximum Gasteiger partial charge on any atom is 0.416 e. The van der Waals surface area contributed by atoms with Crippen LogP contribution in [-0.2, 0) is 15.8 Å². The highest BCUT2D eigenvalue weighted by molar-refractivity contribution is 6.03. The molecule has 2 N–H and O–H groups in total. The fraction of sp³-hybridized carbons (Fsp3) is 0.211. The summed E-state index contributed by atoms with van der Waals surface area (Å²) in [6, 6.07) is 9.08. The molecule has 2 rings (SSSR count). The Balaban J connectivity index is 1.89. The number of hydrogen-bond acceptors (Lipinski definition) is 5. The highest BCUT2D eigenvalue weighted by Crippen LogP contribution is 2.30. The van der Waals surface area contributed by atoms with Crippen LogP contribution in [-0.4, -0.2) is 32.2 Å². The van der Waals surface area contributed by atoms with Gasteiger partial charge in [-0.2, -0.15) is 18.3 Å². The van der Waals surface area contributed by atoms with Crippen molar-refractivity contribution in [3.8, 4) is 11.5 Å². The van der Waals surface area contributed by atoms with Gasteiger partial charge in [-0.05, 0) is 42.0 Å². The van der Waals surface area contributed by atoms with Crippen molar-refractivity contribution in [1.82, 2.24) is 5.43 Å². The van der Waals surface area contributed by atoms with Gasteiger partial charge in [0.15, 0.2) is 11.5 Å². The first-order chi connectivity index (χ1) is 13.7. The second-order valence-electron chi connectivity index (χ2n) is 5.71. The number of rotatable bonds is 7. The van der Waals surface area contributed by atoms with E-state index in [-0.39, 0.29) is 5.69 Å². The molecular weight excluding hydrogens is 391 g/mol. The van der Waals surface area contributed by atoms with Gasteiger partial charge >= 0.3 is 6.18 Å². The second-order valence-corrected chi connectivity index (χ2v) is 5.71. The molecule has 0 unspecified atom stereocenters. The van der Waals surface area contributed by atoms with Crippen LogP contribution in [0.15, 0.2) is 47.6 Å². The number of anilines is 1. The topological polar surface area (TPSA) is 89.0 Å². The van der Waals surface area contributed by atoms with Gasteiger partial charge in [0.05, 0.1) is 26.0 Å². The van der Waals surface area contributed by atoms with Crippen LogP contribution in [0.1, 0.15) is 17.5 Å². The van der Waals surface area contributed by atoms with Crippen molar-refractivity contribution in [2.45, 2.75) is 12.6 Å². The molecule has 29 heavy (non-hydrogen) atoms. The van der Waals surface area contributed by atoms with E-state index in [1.54, 1.807) is 18.2 Å². The molecule has 10 heteroatoms. The van der Waals surface area contributed by atoms with Crippen LogP contribution < -0.4 is 20.2 Å². The number of halogens is 3. The van der Waals surface area contributed by atoms with Crippen LogP contribution in [0.5, 0.6) is 11.5 Å². The van der Waals surface area contributed by atoms with Crippen molar-refractivity contribution in [2.75, 3.05) is 19.5 Å². The fourth-order valence-corrected chi connectivity index (χ4v) is 2.28. The van der Waals surface area contributed by atoms with Crippen LogP contribution in [0.3, 0.4) is 0 Å². The van der Waals surface area contributed by atoms with E-state index in [2.05, 4.69) is 15.8 Å². The van der Waals surface area contributed by atoms with Gasteiger partial charge in [0.1, 0.15) is 6.42 Å². The molecular formula is C19H18F3N3O4. The highest BCUT2D eigenvalue weighted by Gasteiger charge is 2.30. The van der Waals surface area contributed by atoms with Crippen molar-refractivity contribution in [1.29, 1.82) is 0 Å². The monoisotopic (exact) mass is 409 g/mol. The smallest absolute Gasteiger partial charge is 0.416 e. The molecule has 0 atom stereocenters. The molecule has 2 amide bonds. The average molecular weight is 409 g/mol. The van der Waals surface area contributed by atoms with E-state index in [0.717, 1.165) is 18.2 Å². The molecule has 0 aliphatic carbocycles. The summed E-state index contributed by atoms with van der Waals surface area (Å²) < 4.78 is 48.3. The van der Waals surface area contributed by atoms with Crippen molar-refractivity contribution < 1.29 is 32.2 Å². The Hall–Kier alpha value is -3.56. The number of methoxy groups -OCH3 is 2. The number of alkyl halides is 3. The predicted octanol–water partition coefficient (Wildman–Crippen LogP) is 3.20. The van der Waals surface area contributed by atoms with E-state index in [1.165, 1.54) is 26.5 Å². The number of hydrogen-bond donors (Lipinski definition) is 2. The summed E-state index contributed by atoms with van der Waals surface area (Å²) in [6.07, 6.45) is -3.80. The molecule has 0 radical (unpaired) electrons. The first-order valence-corrected chi connectivity index (χ1v) is 8.24. The molecule has 0 spiro atoms. The molecule has 0 aromatic heterocycles. The van der Waals surface area contributed by atoms with Gasteiger partial charge in [-0.25, -0.2) is 5.43 Å². The minimum atomic E-state index is -4.53. The summed E-state index contributed by atoms with van der Waals surface area (Å²) in [4.78, 5) is 23.6. The number of nitrogens with zero attached hydrogens (tertiary/aromatic N) is 1. The van der Waals surface area contributed by atoms with E-state index in [9.17, 15) is 22.8 Å². The third kappa shape index (κ3) is 6.52. The molecule has 154 valence electrons. The number of carbonyl (C=O) groups excluding carboxylic acids is 2. The molecule has 2 aromatic rings. The van der Waals surface area contributed by atoms with E-state index in [4.69, 9.17) is 9.47 Å². The van der Waals surface area contributed by atoms with Crippen molar-refractivity contribution in [3.05, 3.63) is 53.6 Å². The SMILES string of the molecule is COc1ccc(C=NNC(=O)CC(=O)Nc2cccc(C(F)(F)F)c2)cc1OC. The zero-order valence-electron chi connectivity index (χ0n) is 15.5. The highest BCUT2D eigenvalue weighted by atomic mass is 19.4. The Morgan fingerprint density at radius 3 is 2.41 bits per heavy atom. The van der Waals surface area contributed by atoms with Gasteiger partial charge < -0.3 is 14.8 Å². The lowest BCUT2D eigenvalue weighted by Gasteiger charge is -2.09. The van der Waals surface area contributed by atoms with Crippen LogP contribution in [0.4, 0.5) is 18.9 Å². The molecule has 0 saturated carbocycles. The number of benzene rings is 2. The van der Waals surface area contributed by atoms with Crippen LogP contribution in [0.2, 0.25) is 0 Å². The molecule has 0 heterocycles. The van der Waals surface area contributed by atoms with Crippen LogP contribution >= 0.6 is 0 Å². The Morgan fingerprint density at radius 2 is 1.76 bits per heavy atom. The first kappa shape index (κ1) is 21.7. The molecule has 7 nitrogen and oxygen atoms in total. The number of hydrazone groups is 1. The van der Waals surface area contributed by atoms with Gasteiger partial charge in [0, 0.05) is 5.69 Å². The minimum Gasteiger partial charge on any atom is -0.493 e. The van der Waals surface area contributed by atoms with Crippen LogP contribution in [0, 0.1) is 0 Å². The molecule has 0 fully saturated rings. The molecule has 0 aliphatic heterocycles. The Labute approximate surface area is 164 Å². The quantitative estimate of drug-likeness (QED) is 0.418. The van der Waals surface area contributed by atoms with Gasteiger partial charge in [0.25, 0.3) is 0 Å². The lowest BCUT2D eigenvalue weighted by Crippen LogP contribution is -2.24. The van der Waals surface area contributed by atoms with Crippen molar-refractivity contribution >= 4 is 23.7 Å². The zero-order valence-corrected chi connectivity index (χ0v) is 15.5. The van der Waals surface area contributed by atoms with Gasteiger partial charge in [0.2, 0.25) is 11.8 Å². The summed E-state index contributed by atoms with van der Waals surface area (Å²) in [5, 5.41) is 5.97. The fourth-order valence-electron chi connectivity index (χ4n) is 2.28. The lowest BCUT2D eigenvalue weighted by atomic mass is 10.2. The van der Waals surface area contributed by atoms with E-state index in [1.807, 2.05) is 0 Å². The zero-order chi connectivity index (χ0) is 21.4. The average Bonchev–Trinajstić information content (AvgIpc) is 2.67. The largest absolute Gasteiger partial charge is 0.493 e. The Kier molecular flexibility index (Phi) is 7.18. The second kappa shape index (κ2) is 9.58. The van der Waals surface area contributed by atoms with E-state index < -0.39 is 30.0 Å². The molecule has 0 bridgehead atoms. The third-order valence-electron chi connectivity index (χ3n) is 3.61.